The molecule has 1 aliphatic heterocycles. The highest BCUT2D eigenvalue weighted by Gasteiger charge is 2.41. The monoisotopic (exact) mass is 565 g/mol. The van der Waals surface area contributed by atoms with Crippen LogP contribution >= 0.6 is 0 Å². The second-order valence-electron chi connectivity index (χ2n) is 10.5. The molecule has 0 saturated heterocycles. The number of amides is 3. The van der Waals surface area contributed by atoms with Gasteiger partial charge in [0, 0.05) is 13.3 Å². The fourth-order valence-corrected chi connectivity index (χ4v) is 4.68. The minimum Gasteiger partial charge on any atom is -0.461 e. The first kappa shape index (κ1) is 31.5. The van der Waals surface area contributed by atoms with Crippen LogP contribution in [0, 0.1) is 5.92 Å². The lowest BCUT2D eigenvalue weighted by molar-refractivity contribution is -0.159. The molecule has 3 atom stereocenters. The summed E-state index contributed by atoms with van der Waals surface area (Å²) in [6.07, 6.45) is -0.351. The number of carbonyl (C=O) groups excluding carboxylic acids is 4. The van der Waals surface area contributed by atoms with Gasteiger partial charge in [-0.05, 0) is 37.3 Å². The molecule has 0 aromatic heterocycles. The predicted molar refractivity (Wildman–Crippen MR) is 153 cm³/mol. The molecular weight excluding hydrogens is 526 g/mol. The van der Waals surface area contributed by atoms with E-state index in [0.717, 1.165) is 5.56 Å². The van der Waals surface area contributed by atoms with E-state index in [-0.39, 0.29) is 24.9 Å². The maximum atomic E-state index is 13.9. The first-order valence-corrected chi connectivity index (χ1v) is 13.6. The number of benzene rings is 2. The van der Waals surface area contributed by atoms with Crippen molar-refractivity contribution in [3.05, 3.63) is 78.0 Å². The SMILES string of the molecule is COCC(=O)N1C=C(c2ccccc2)N(CC(=O)N[C@@H](Cc2ccccc2)C(O)C(=O)OC(C)C)C(=O)[C@H]1C(C)C. The molecule has 1 unspecified atom stereocenters. The van der Waals surface area contributed by atoms with Crippen molar-refractivity contribution in [3.8, 4) is 0 Å². The summed E-state index contributed by atoms with van der Waals surface area (Å²) in [6.45, 7) is 6.37. The Morgan fingerprint density at radius 2 is 1.59 bits per heavy atom. The van der Waals surface area contributed by atoms with Crippen molar-refractivity contribution in [2.75, 3.05) is 20.3 Å². The van der Waals surface area contributed by atoms with Gasteiger partial charge in [-0.25, -0.2) is 4.79 Å². The average molecular weight is 566 g/mol. The van der Waals surface area contributed by atoms with Crippen LogP contribution in [0.5, 0.6) is 0 Å². The van der Waals surface area contributed by atoms with E-state index in [1.165, 1.54) is 16.9 Å². The molecule has 1 aliphatic rings. The van der Waals surface area contributed by atoms with E-state index in [2.05, 4.69) is 5.32 Å². The topological polar surface area (TPSA) is 125 Å². The van der Waals surface area contributed by atoms with Crippen LogP contribution in [0.15, 0.2) is 66.9 Å². The van der Waals surface area contributed by atoms with Crippen LogP contribution in [0.4, 0.5) is 0 Å². The third-order valence-corrected chi connectivity index (χ3v) is 6.55. The lowest BCUT2D eigenvalue weighted by Crippen LogP contribution is -2.58. The Kier molecular flexibility index (Phi) is 11.2. The number of aliphatic hydroxyl groups excluding tert-OH is 1. The highest BCUT2D eigenvalue weighted by molar-refractivity contribution is 6.00. The molecule has 3 rings (SSSR count). The number of nitrogens with one attached hydrogen (secondary N) is 1. The zero-order valence-electron chi connectivity index (χ0n) is 24.2. The second kappa shape index (κ2) is 14.6. The van der Waals surface area contributed by atoms with Crippen molar-refractivity contribution < 1.29 is 33.8 Å². The Hall–Kier alpha value is -4.02. The summed E-state index contributed by atoms with van der Waals surface area (Å²) in [5.41, 5.74) is 1.79. The number of carbonyl (C=O) groups is 4. The van der Waals surface area contributed by atoms with E-state index in [0.29, 0.717) is 11.3 Å². The highest BCUT2D eigenvalue weighted by Crippen LogP contribution is 2.30. The summed E-state index contributed by atoms with van der Waals surface area (Å²) in [5.74, 6) is -2.52. The van der Waals surface area contributed by atoms with Crippen LogP contribution < -0.4 is 5.32 Å². The van der Waals surface area contributed by atoms with Crippen LogP contribution in [0.25, 0.3) is 5.70 Å². The van der Waals surface area contributed by atoms with E-state index in [9.17, 15) is 24.3 Å². The van der Waals surface area contributed by atoms with Gasteiger partial charge in [0.1, 0.15) is 19.2 Å². The molecule has 0 aliphatic carbocycles. The summed E-state index contributed by atoms with van der Waals surface area (Å²) in [6, 6.07) is 16.2. The van der Waals surface area contributed by atoms with Crippen LogP contribution in [0.2, 0.25) is 0 Å². The first-order chi connectivity index (χ1) is 19.5. The Morgan fingerprint density at radius 1 is 0.976 bits per heavy atom. The molecule has 10 heteroatoms. The smallest absolute Gasteiger partial charge is 0.337 e. The van der Waals surface area contributed by atoms with Crippen LogP contribution in [0.1, 0.15) is 38.8 Å². The maximum absolute atomic E-state index is 13.9. The number of ether oxygens (including phenoxy) is 2. The summed E-state index contributed by atoms with van der Waals surface area (Å²) in [7, 11) is 1.41. The lowest BCUT2D eigenvalue weighted by Gasteiger charge is -2.41. The van der Waals surface area contributed by atoms with Gasteiger partial charge in [-0.1, -0.05) is 74.5 Å². The Labute approximate surface area is 240 Å². The van der Waals surface area contributed by atoms with Gasteiger partial charge in [-0.3, -0.25) is 19.3 Å². The number of hydrogen-bond acceptors (Lipinski definition) is 7. The average Bonchev–Trinajstić information content (AvgIpc) is 2.93. The van der Waals surface area contributed by atoms with Gasteiger partial charge in [0.2, 0.25) is 5.91 Å². The van der Waals surface area contributed by atoms with Gasteiger partial charge in [0.15, 0.2) is 6.10 Å². The highest BCUT2D eigenvalue weighted by atomic mass is 16.6. The van der Waals surface area contributed by atoms with Crippen molar-refractivity contribution in [1.82, 2.24) is 15.1 Å². The van der Waals surface area contributed by atoms with Gasteiger partial charge in [-0.2, -0.15) is 0 Å². The normalized spacial score (nSPS) is 16.8. The summed E-state index contributed by atoms with van der Waals surface area (Å²) < 4.78 is 10.2. The summed E-state index contributed by atoms with van der Waals surface area (Å²) in [5, 5.41) is 13.6. The van der Waals surface area contributed by atoms with E-state index >= 15 is 0 Å². The maximum Gasteiger partial charge on any atom is 0.337 e. The number of nitrogens with zero attached hydrogens (tertiary/aromatic N) is 2. The second-order valence-corrected chi connectivity index (χ2v) is 10.5. The van der Waals surface area contributed by atoms with Gasteiger partial charge in [0.05, 0.1) is 17.8 Å². The summed E-state index contributed by atoms with van der Waals surface area (Å²) >= 11 is 0. The molecule has 2 aromatic rings. The fourth-order valence-electron chi connectivity index (χ4n) is 4.68. The first-order valence-electron chi connectivity index (χ1n) is 13.6. The Balaban J connectivity index is 1.94. The van der Waals surface area contributed by atoms with E-state index in [4.69, 9.17) is 9.47 Å². The minimum absolute atomic E-state index is 0.157. The lowest BCUT2D eigenvalue weighted by atomic mass is 9.96. The van der Waals surface area contributed by atoms with E-state index in [1.54, 1.807) is 44.3 Å². The third kappa shape index (κ3) is 8.25. The Morgan fingerprint density at radius 3 is 2.15 bits per heavy atom. The fraction of sp³-hybridized carbons (Fsp3) is 0.419. The molecule has 41 heavy (non-hydrogen) atoms. The molecule has 2 aromatic carbocycles. The van der Waals surface area contributed by atoms with Gasteiger partial charge >= 0.3 is 5.97 Å². The molecule has 1 heterocycles. The van der Waals surface area contributed by atoms with E-state index < -0.39 is 48.6 Å². The van der Waals surface area contributed by atoms with Crippen molar-refractivity contribution in [3.63, 3.8) is 0 Å². The largest absolute Gasteiger partial charge is 0.461 e. The number of methoxy groups -OCH3 is 1. The van der Waals surface area contributed by atoms with Crippen molar-refractivity contribution in [1.29, 1.82) is 0 Å². The quantitative estimate of drug-likeness (QED) is 0.379. The van der Waals surface area contributed by atoms with Crippen LogP contribution in [-0.2, 0) is 35.1 Å². The molecular formula is C31H39N3O7. The number of aliphatic hydroxyl groups is 1. The van der Waals surface area contributed by atoms with Gasteiger partial charge in [0.25, 0.3) is 11.8 Å². The van der Waals surface area contributed by atoms with Crippen molar-refractivity contribution in [2.45, 2.75) is 58.4 Å². The molecule has 220 valence electrons. The zero-order chi connectivity index (χ0) is 30.1. The van der Waals surface area contributed by atoms with Crippen molar-refractivity contribution in [2.24, 2.45) is 5.92 Å². The number of esters is 1. The molecule has 0 radical (unpaired) electrons. The molecule has 0 saturated carbocycles. The molecule has 0 fully saturated rings. The number of rotatable bonds is 12. The summed E-state index contributed by atoms with van der Waals surface area (Å²) in [4.78, 5) is 55.6. The van der Waals surface area contributed by atoms with Gasteiger partial charge < -0.3 is 24.8 Å². The zero-order valence-corrected chi connectivity index (χ0v) is 24.2. The number of hydrogen-bond donors (Lipinski definition) is 2. The molecule has 0 spiro atoms. The van der Waals surface area contributed by atoms with Crippen LogP contribution in [-0.4, -0.2) is 83.2 Å². The minimum atomic E-state index is -1.63. The predicted octanol–water partition coefficient (Wildman–Crippen LogP) is 2.37. The van der Waals surface area contributed by atoms with Crippen molar-refractivity contribution >= 4 is 29.4 Å². The molecule has 2 N–H and O–H groups in total. The van der Waals surface area contributed by atoms with E-state index in [1.807, 2.05) is 50.2 Å². The van der Waals surface area contributed by atoms with Crippen LogP contribution in [0.3, 0.4) is 0 Å². The molecule has 3 amide bonds. The third-order valence-electron chi connectivity index (χ3n) is 6.55. The molecule has 0 bridgehead atoms. The Bertz CT molecular complexity index is 1230. The molecule has 10 nitrogen and oxygen atoms in total. The van der Waals surface area contributed by atoms with Gasteiger partial charge in [-0.15, -0.1) is 0 Å². The standard InChI is InChI=1S/C31H39N3O7/c1-20(2)28-30(38)33(25(23-14-10-7-11-15-23)17-34(28)27(36)19-40-5)18-26(35)32-24(16-22-12-8-6-9-13-22)29(37)31(39)41-21(3)4/h6-15,17,20-21,24,28-29,37H,16,18-19H2,1-5H3,(H,32,35)/t24-,28+,29?/m0/s1.